The molecule has 2 aromatic rings. The predicted molar refractivity (Wildman–Crippen MR) is 76.3 cm³/mol. The van der Waals surface area contributed by atoms with E-state index in [-0.39, 0.29) is 6.04 Å². The smallest absolute Gasteiger partial charge is 0.119 e. The van der Waals surface area contributed by atoms with Gasteiger partial charge in [0.1, 0.15) is 5.75 Å². The Bertz CT molecular complexity index is 504. The molecular formula is C15H21N3O. The van der Waals surface area contributed by atoms with Gasteiger partial charge in [-0.1, -0.05) is 19.1 Å². The average molecular weight is 259 g/mol. The van der Waals surface area contributed by atoms with Crippen molar-refractivity contribution < 1.29 is 4.74 Å². The first-order chi connectivity index (χ1) is 9.26. The van der Waals surface area contributed by atoms with Gasteiger partial charge in [-0.05, 0) is 31.2 Å². The van der Waals surface area contributed by atoms with Crippen LogP contribution in [0.4, 0.5) is 0 Å². The van der Waals surface area contributed by atoms with E-state index in [0.717, 1.165) is 24.5 Å². The van der Waals surface area contributed by atoms with Crippen molar-refractivity contribution >= 4 is 0 Å². The van der Waals surface area contributed by atoms with Crippen LogP contribution in [-0.2, 0) is 7.05 Å². The van der Waals surface area contributed by atoms with Crippen molar-refractivity contribution in [3.05, 3.63) is 48.0 Å². The van der Waals surface area contributed by atoms with Crippen molar-refractivity contribution in [3.63, 3.8) is 0 Å². The third-order valence-electron chi connectivity index (χ3n) is 3.12. The summed E-state index contributed by atoms with van der Waals surface area (Å²) >= 11 is 0. The zero-order valence-corrected chi connectivity index (χ0v) is 11.8. The number of aromatic nitrogens is 2. The van der Waals surface area contributed by atoms with Crippen LogP contribution in [-0.4, -0.2) is 23.2 Å². The number of aryl methyl sites for hydroxylation is 1. The molecule has 0 bridgehead atoms. The fraction of sp³-hybridized carbons (Fsp3) is 0.400. The van der Waals surface area contributed by atoms with Gasteiger partial charge in [-0.2, -0.15) is 0 Å². The molecule has 0 radical (unpaired) electrons. The minimum Gasteiger partial charge on any atom is -0.494 e. The van der Waals surface area contributed by atoms with Gasteiger partial charge >= 0.3 is 0 Å². The summed E-state index contributed by atoms with van der Waals surface area (Å²) in [5.74, 6) is 0.922. The molecule has 0 saturated carbocycles. The number of hydrogen-bond donors (Lipinski definition) is 1. The molecule has 102 valence electrons. The standard InChI is InChI=1S/C15H21N3O/c1-4-9-19-13-7-5-12(6-8-13)15(16-2)14-10-17-11-18(14)3/h5-8,10-11,15-16H,4,9H2,1-3H3. The zero-order valence-electron chi connectivity index (χ0n) is 11.8. The number of hydrogen-bond acceptors (Lipinski definition) is 3. The van der Waals surface area contributed by atoms with Gasteiger partial charge < -0.3 is 14.6 Å². The summed E-state index contributed by atoms with van der Waals surface area (Å²) in [7, 11) is 3.96. The Balaban J connectivity index is 2.18. The molecule has 0 amide bonds. The Morgan fingerprint density at radius 3 is 2.58 bits per heavy atom. The van der Waals surface area contributed by atoms with Crippen LogP contribution >= 0.6 is 0 Å². The summed E-state index contributed by atoms with van der Waals surface area (Å²) in [5.41, 5.74) is 2.35. The first-order valence-corrected chi connectivity index (χ1v) is 6.62. The number of benzene rings is 1. The summed E-state index contributed by atoms with van der Waals surface area (Å²) in [5, 5.41) is 3.32. The molecule has 0 spiro atoms. The topological polar surface area (TPSA) is 39.1 Å². The van der Waals surface area contributed by atoms with E-state index < -0.39 is 0 Å². The normalized spacial score (nSPS) is 12.4. The van der Waals surface area contributed by atoms with Crippen molar-refractivity contribution in [1.82, 2.24) is 14.9 Å². The average Bonchev–Trinajstić information content (AvgIpc) is 2.85. The lowest BCUT2D eigenvalue weighted by atomic mass is 10.0. The molecule has 2 rings (SSSR count). The highest BCUT2D eigenvalue weighted by molar-refractivity contribution is 5.33. The zero-order chi connectivity index (χ0) is 13.7. The van der Waals surface area contributed by atoms with E-state index in [0.29, 0.717) is 0 Å². The van der Waals surface area contributed by atoms with Gasteiger partial charge in [-0.3, -0.25) is 0 Å². The van der Waals surface area contributed by atoms with E-state index in [2.05, 4.69) is 29.4 Å². The second-order valence-corrected chi connectivity index (χ2v) is 4.57. The molecule has 19 heavy (non-hydrogen) atoms. The van der Waals surface area contributed by atoms with Crippen molar-refractivity contribution in [2.24, 2.45) is 7.05 Å². The van der Waals surface area contributed by atoms with E-state index in [9.17, 15) is 0 Å². The summed E-state index contributed by atoms with van der Waals surface area (Å²) in [6.45, 7) is 2.87. The fourth-order valence-corrected chi connectivity index (χ4v) is 2.11. The quantitative estimate of drug-likeness (QED) is 0.866. The molecule has 4 nitrogen and oxygen atoms in total. The monoisotopic (exact) mass is 259 g/mol. The van der Waals surface area contributed by atoms with Crippen LogP contribution in [0.1, 0.15) is 30.6 Å². The van der Waals surface area contributed by atoms with Gasteiger partial charge in [0, 0.05) is 7.05 Å². The van der Waals surface area contributed by atoms with Crippen LogP contribution < -0.4 is 10.1 Å². The lowest BCUT2D eigenvalue weighted by Crippen LogP contribution is -2.20. The molecular weight excluding hydrogens is 238 g/mol. The largest absolute Gasteiger partial charge is 0.494 e. The van der Waals surface area contributed by atoms with E-state index in [4.69, 9.17) is 4.74 Å². The molecule has 0 aliphatic rings. The Morgan fingerprint density at radius 1 is 1.32 bits per heavy atom. The molecule has 1 heterocycles. The van der Waals surface area contributed by atoms with E-state index >= 15 is 0 Å². The highest BCUT2D eigenvalue weighted by Crippen LogP contribution is 2.23. The number of nitrogens with zero attached hydrogens (tertiary/aromatic N) is 2. The van der Waals surface area contributed by atoms with Crippen molar-refractivity contribution in [2.75, 3.05) is 13.7 Å². The summed E-state index contributed by atoms with van der Waals surface area (Å²) < 4.78 is 7.63. The predicted octanol–water partition coefficient (Wildman–Crippen LogP) is 2.52. The van der Waals surface area contributed by atoms with Crippen LogP contribution in [0, 0.1) is 0 Å². The SMILES string of the molecule is CCCOc1ccc(C(NC)c2cncn2C)cc1. The molecule has 0 fully saturated rings. The molecule has 1 N–H and O–H groups in total. The van der Waals surface area contributed by atoms with E-state index in [1.54, 1.807) is 0 Å². The van der Waals surface area contributed by atoms with Gasteiger partial charge in [0.25, 0.3) is 0 Å². The third-order valence-corrected chi connectivity index (χ3v) is 3.12. The van der Waals surface area contributed by atoms with Crippen molar-refractivity contribution in [2.45, 2.75) is 19.4 Å². The Kier molecular flexibility index (Phi) is 4.58. The molecule has 1 aromatic carbocycles. The van der Waals surface area contributed by atoms with Crippen LogP contribution in [0.5, 0.6) is 5.75 Å². The number of ether oxygens (including phenoxy) is 1. The maximum absolute atomic E-state index is 5.60. The van der Waals surface area contributed by atoms with Crippen LogP contribution in [0.15, 0.2) is 36.8 Å². The maximum atomic E-state index is 5.60. The highest BCUT2D eigenvalue weighted by atomic mass is 16.5. The second-order valence-electron chi connectivity index (χ2n) is 4.57. The lowest BCUT2D eigenvalue weighted by molar-refractivity contribution is 0.317. The molecule has 1 unspecified atom stereocenters. The number of nitrogens with one attached hydrogen (secondary N) is 1. The molecule has 1 atom stereocenters. The molecule has 4 heteroatoms. The summed E-state index contributed by atoms with van der Waals surface area (Å²) in [4.78, 5) is 4.17. The van der Waals surface area contributed by atoms with Crippen LogP contribution in [0.3, 0.4) is 0 Å². The molecule has 0 aliphatic heterocycles. The Hall–Kier alpha value is -1.81. The van der Waals surface area contributed by atoms with Gasteiger partial charge in [-0.15, -0.1) is 0 Å². The third kappa shape index (κ3) is 3.15. The minimum absolute atomic E-state index is 0.146. The highest BCUT2D eigenvalue weighted by Gasteiger charge is 2.14. The van der Waals surface area contributed by atoms with Gasteiger partial charge in [0.05, 0.1) is 30.9 Å². The number of rotatable bonds is 6. The molecule has 0 saturated heterocycles. The van der Waals surface area contributed by atoms with E-state index in [1.807, 2.05) is 43.3 Å². The number of imidazole rings is 1. The minimum atomic E-state index is 0.146. The Morgan fingerprint density at radius 2 is 2.05 bits per heavy atom. The first kappa shape index (κ1) is 13.6. The second kappa shape index (κ2) is 6.38. The fourth-order valence-electron chi connectivity index (χ4n) is 2.11. The van der Waals surface area contributed by atoms with Crippen LogP contribution in [0.25, 0.3) is 0 Å². The first-order valence-electron chi connectivity index (χ1n) is 6.62. The van der Waals surface area contributed by atoms with Crippen molar-refractivity contribution in [1.29, 1.82) is 0 Å². The van der Waals surface area contributed by atoms with Gasteiger partial charge in [0.2, 0.25) is 0 Å². The van der Waals surface area contributed by atoms with E-state index in [1.165, 1.54) is 5.56 Å². The molecule has 1 aromatic heterocycles. The lowest BCUT2D eigenvalue weighted by Gasteiger charge is -2.17. The maximum Gasteiger partial charge on any atom is 0.119 e. The van der Waals surface area contributed by atoms with Crippen molar-refractivity contribution in [3.8, 4) is 5.75 Å². The van der Waals surface area contributed by atoms with Gasteiger partial charge in [0.15, 0.2) is 0 Å². The Labute approximate surface area is 114 Å². The van der Waals surface area contributed by atoms with Crippen LogP contribution in [0.2, 0.25) is 0 Å². The molecule has 0 aliphatic carbocycles. The summed E-state index contributed by atoms with van der Waals surface area (Å²) in [6.07, 6.45) is 4.73. The van der Waals surface area contributed by atoms with Gasteiger partial charge in [-0.25, -0.2) is 4.98 Å². The summed E-state index contributed by atoms with van der Waals surface area (Å²) in [6, 6.07) is 8.38.